The molecule has 0 aromatic carbocycles. The number of allylic oxidation sites excluding steroid dienone is 12. The third-order valence-electron chi connectivity index (χ3n) is 12.6. The van der Waals surface area contributed by atoms with Gasteiger partial charge in [-0.25, -0.2) is 0 Å². The maximum atomic E-state index is 13.2. The number of hydrogen-bond donors (Lipinski definition) is 3. The van der Waals surface area contributed by atoms with Gasteiger partial charge in [0.2, 0.25) is 5.91 Å². The molecular formula is C60H107NO5. The Morgan fingerprint density at radius 2 is 0.818 bits per heavy atom. The molecule has 66 heavy (non-hydrogen) atoms. The zero-order chi connectivity index (χ0) is 48.1. The number of hydrogen-bond acceptors (Lipinski definition) is 5. The molecule has 0 aliphatic heterocycles. The molecule has 0 fully saturated rings. The highest BCUT2D eigenvalue weighted by Crippen LogP contribution is 2.18. The Morgan fingerprint density at radius 1 is 0.455 bits per heavy atom. The van der Waals surface area contributed by atoms with E-state index in [1.165, 1.54) is 122 Å². The first kappa shape index (κ1) is 63.3. The van der Waals surface area contributed by atoms with E-state index in [-0.39, 0.29) is 24.9 Å². The third kappa shape index (κ3) is 47.8. The molecular weight excluding hydrogens is 815 g/mol. The van der Waals surface area contributed by atoms with Crippen molar-refractivity contribution < 1.29 is 24.5 Å². The van der Waals surface area contributed by atoms with Crippen molar-refractivity contribution in [3.05, 3.63) is 72.9 Å². The Hall–Kier alpha value is -2.70. The number of nitrogens with one attached hydrogen (secondary N) is 1. The minimum Gasteiger partial charge on any atom is -0.462 e. The normalized spacial score (nSPS) is 13.7. The third-order valence-corrected chi connectivity index (χ3v) is 12.6. The molecule has 0 rings (SSSR count). The van der Waals surface area contributed by atoms with E-state index < -0.39 is 18.2 Å². The highest BCUT2D eigenvalue weighted by Gasteiger charge is 2.24. The van der Waals surface area contributed by atoms with Crippen LogP contribution >= 0.6 is 0 Å². The lowest BCUT2D eigenvalue weighted by Gasteiger charge is -2.24. The second-order valence-corrected chi connectivity index (χ2v) is 19.1. The van der Waals surface area contributed by atoms with Crippen molar-refractivity contribution >= 4 is 11.9 Å². The van der Waals surface area contributed by atoms with Crippen LogP contribution in [0.15, 0.2) is 72.9 Å². The SMILES string of the molecule is CC/C=C/C=C/C=C/CCCCCCCC(CC(=O)NC(CO)C(O)CCCCCCCCCCCCCCCCCC)OC(=O)CCCCCCC/C=C/C=C/C=C/CCCCCCC. The maximum absolute atomic E-state index is 13.2. The summed E-state index contributed by atoms with van der Waals surface area (Å²) in [7, 11) is 0. The molecule has 382 valence electrons. The predicted octanol–water partition coefficient (Wildman–Crippen LogP) is 17.3. The van der Waals surface area contributed by atoms with Gasteiger partial charge in [0.05, 0.1) is 25.2 Å². The van der Waals surface area contributed by atoms with Crippen molar-refractivity contribution in [2.75, 3.05) is 6.61 Å². The minimum absolute atomic E-state index is 0.0535. The first-order valence-corrected chi connectivity index (χ1v) is 28.2. The maximum Gasteiger partial charge on any atom is 0.306 e. The number of amides is 1. The molecule has 3 unspecified atom stereocenters. The number of ether oxygens (including phenoxy) is 1. The van der Waals surface area contributed by atoms with Crippen LogP contribution in [0.2, 0.25) is 0 Å². The molecule has 6 nitrogen and oxygen atoms in total. The molecule has 0 aromatic rings. The summed E-state index contributed by atoms with van der Waals surface area (Å²) >= 11 is 0. The molecule has 0 saturated carbocycles. The molecule has 0 bridgehead atoms. The van der Waals surface area contributed by atoms with Crippen LogP contribution in [0.3, 0.4) is 0 Å². The number of rotatable bonds is 50. The van der Waals surface area contributed by atoms with E-state index in [2.05, 4.69) is 99.0 Å². The lowest BCUT2D eigenvalue weighted by molar-refractivity contribution is -0.151. The molecule has 0 heterocycles. The Bertz CT molecular complexity index is 1220. The molecule has 3 N–H and O–H groups in total. The van der Waals surface area contributed by atoms with Crippen molar-refractivity contribution in [1.82, 2.24) is 5.32 Å². The van der Waals surface area contributed by atoms with Crippen LogP contribution in [0.4, 0.5) is 0 Å². The van der Waals surface area contributed by atoms with Gasteiger partial charge in [0, 0.05) is 6.42 Å². The van der Waals surface area contributed by atoms with Gasteiger partial charge < -0.3 is 20.3 Å². The van der Waals surface area contributed by atoms with Gasteiger partial charge >= 0.3 is 5.97 Å². The van der Waals surface area contributed by atoms with E-state index >= 15 is 0 Å². The smallest absolute Gasteiger partial charge is 0.306 e. The van der Waals surface area contributed by atoms with Gasteiger partial charge in [-0.1, -0.05) is 261 Å². The summed E-state index contributed by atoms with van der Waals surface area (Å²) in [6.07, 6.45) is 68.2. The van der Waals surface area contributed by atoms with Crippen LogP contribution in [0.25, 0.3) is 0 Å². The van der Waals surface area contributed by atoms with Crippen LogP contribution in [0, 0.1) is 0 Å². The molecule has 0 aliphatic rings. The molecule has 1 amide bonds. The van der Waals surface area contributed by atoms with E-state index in [1.54, 1.807) is 0 Å². The van der Waals surface area contributed by atoms with Crippen LogP contribution < -0.4 is 5.32 Å². The van der Waals surface area contributed by atoms with Gasteiger partial charge in [0.1, 0.15) is 6.10 Å². The molecule has 0 aliphatic carbocycles. The average Bonchev–Trinajstić information content (AvgIpc) is 3.31. The number of carbonyl (C=O) groups excluding carboxylic acids is 2. The lowest BCUT2D eigenvalue weighted by Crippen LogP contribution is -2.46. The Labute approximate surface area is 409 Å². The van der Waals surface area contributed by atoms with Crippen molar-refractivity contribution in [3.8, 4) is 0 Å². The zero-order valence-electron chi connectivity index (χ0n) is 43.6. The highest BCUT2D eigenvalue weighted by molar-refractivity contribution is 5.77. The van der Waals surface area contributed by atoms with Crippen molar-refractivity contribution in [2.24, 2.45) is 0 Å². The topological polar surface area (TPSA) is 95.9 Å². The minimum atomic E-state index is -0.801. The second kappa shape index (κ2) is 53.3. The number of aliphatic hydroxyl groups is 2. The molecule has 6 heteroatoms. The van der Waals surface area contributed by atoms with Gasteiger partial charge in [-0.2, -0.15) is 0 Å². The van der Waals surface area contributed by atoms with Gasteiger partial charge in [0.25, 0.3) is 0 Å². The van der Waals surface area contributed by atoms with Crippen LogP contribution in [0.1, 0.15) is 271 Å². The molecule has 3 atom stereocenters. The summed E-state index contributed by atoms with van der Waals surface area (Å²) in [5, 5.41) is 23.9. The molecule has 0 aromatic heterocycles. The Kier molecular flexibility index (Phi) is 51.1. The standard InChI is InChI=1S/C60H107NO5/c1-4-7-10-13-16-19-22-25-27-29-30-32-35-38-41-44-47-50-53-60(65)66-56(51-48-45-42-39-36-33-24-21-18-15-12-9-6-3)54-59(64)61-57(55-62)58(63)52-49-46-43-40-37-34-31-28-26-23-20-17-14-11-8-5-2/h9,12,15,18,21-22,24-25,27,29-30,32,56-58,62-63H,4-8,10-11,13-14,16-17,19-20,23,26,28,31,33-55H2,1-3H3,(H,61,64)/b12-9+,18-15+,24-21+,25-22+,29-27+,32-30+. The van der Waals surface area contributed by atoms with Crippen LogP contribution in [-0.2, 0) is 14.3 Å². The first-order chi connectivity index (χ1) is 32.5. The van der Waals surface area contributed by atoms with E-state index in [4.69, 9.17) is 4.74 Å². The fourth-order valence-corrected chi connectivity index (χ4v) is 8.37. The summed E-state index contributed by atoms with van der Waals surface area (Å²) in [6, 6.07) is -0.716. The Morgan fingerprint density at radius 3 is 1.23 bits per heavy atom. The monoisotopic (exact) mass is 922 g/mol. The number of esters is 1. The fraction of sp³-hybridized carbons (Fsp3) is 0.767. The quantitative estimate of drug-likeness (QED) is 0.0321. The summed E-state index contributed by atoms with van der Waals surface area (Å²) < 4.78 is 5.94. The van der Waals surface area contributed by atoms with E-state index in [1.807, 2.05) is 0 Å². The lowest BCUT2D eigenvalue weighted by atomic mass is 10.0. The van der Waals surface area contributed by atoms with E-state index in [0.29, 0.717) is 19.3 Å². The highest BCUT2D eigenvalue weighted by atomic mass is 16.5. The van der Waals surface area contributed by atoms with Gasteiger partial charge in [-0.15, -0.1) is 0 Å². The van der Waals surface area contributed by atoms with Gasteiger partial charge in [-0.05, 0) is 70.6 Å². The number of unbranched alkanes of at least 4 members (excludes halogenated alkanes) is 30. The summed E-state index contributed by atoms with van der Waals surface area (Å²) in [5.41, 5.74) is 0. The van der Waals surface area contributed by atoms with Crippen molar-refractivity contribution in [2.45, 2.75) is 289 Å². The van der Waals surface area contributed by atoms with Crippen molar-refractivity contribution in [3.63, 3.8) is 0 Å². The average molecular weight is 923 g/mol. The largest absolute Gasteiger partial charge is 0.462 e. The van der Waals surface area contributed by atoms with E-state index in [9.17, 15) is 19.8 Å². The van der Waals surface area contributed by atoms with E-state index in [0.717, 1.165) is 103 Å². The summed E-state index contributed by atoms with van der Waals surface area (Å²) in [5.74, 6) is -0.514. The zero-order valence-corrected chi connectivity index (χ0v) is 43.6. The molecule has 0 spiro atoms. The van der Waals surface area contributed by atoms with Crippen LogP contribution in [0.5, 0.6) is 0 Å². The molecule has 0 saturated heterocycles. The number of aliphatic hydroxyl groups excluding tert-OH is 2. The molecule has 0 radical (unpaired) electrons. The number of carbonyl (C=O) groups is 2. The Balaban J connectivity index is 4.58. The summed E-state index contributed by atoms with van der Waals surface area (Å²) in [6.45, 7) is 6.34. The predicted molar refractivity (Wildman–Crippen MR) is 287 cm³/mol. The fourth-order valence-electron chi connectivity index (χ4n) is 8.37. The van der Waals surface area contributed by atoms with Gasteiger partial charge in [-0.3, -0.25) is 9.59 Å². The van der Waals surface area contributed by atoms with Crippen LogP contribution in [-0.4, -0.2) is 46.9 Å². The summed E-state index contributed by atoms with van der Waals surface area (Å²) in [4.78, 5) is 26.2. The first-order valence-electron chi connectivity index (χ1n) is 28.2. The van der Waals surface area contributed by atoms with Gasteiger partial charge in [0.15, 0.2) is 0 Å². The second-order valence-electron chi connectivity index (χ2n) is 19.1. The van der Waals surface area contributed by atoms with Crippen molar-refractivity contribution in [1.29, 1.82) is 0 Å².